The predicted octanol–water partition coefficient (Wildman–Crippen LogP) is 3.61. The molecule has 1 aromatic heterocycles. The Hall–Kier alpha value is -1.05. The van der Waals surface area contributed by atoms with Gasteiger partial charge in [-0.1, -0.05) is 0 Å². The van der Waals surface area contributed by atoms with Crippen LogP contribution in [0.1, 0.15) is 28.0 Å². The number of hydrogen-bond donors (Lipinski definition) is 0. The van der Waals surface area contributed by atoms with E-state index < -0.39 is 34.0 Å². The number of aromatic nitrogens is 1. The summed E-state index contributed by atoms with van der Waals surface area (Å²) in [6.45, 7) is 0. The van der Waals surface area contributed by atoms with Crippen molar-refractivity contribution in [2.24, 2.45) is 0 Å². The number of aldehydes is 1. The molecule has 0 N–H and O–H groups in total. The number of carbonyl (C=O) groups excluding carboxylic acids is 1. The summed E-state index contributed by atoms with van der Waals surface area (Å²) in [5.74, 6) is 0. The van der Waals surface area contributed by atoms with Crippen molar-refractivity contribution in [1.82, 2.24) is 4.98 Å². The zero-order valence-corrected chi connectivity index (χ0v) is 8.94. The van der Waals surface area contributed by atoms with Crippen molar-refractivity contribution in [3.05, 3.63) is 27.5 Å². The van der Waals surface area contributed by atoms with Crippen LogP contribution >= 0.6 is 15.9 Å². The van der Waals surface area contributed by atoms with E-state index in [-0.39, 0.29) is 6.29 Å². The van der Waals surface area contributed by atoms with Crippen LogP contribution in [-0.4, -0.2) is 11.3 Å². The predicted molar refractivity (Wildman–Crippen MR) is 47.3 cm³/mol. The van der Waals surface area contributed by atoms with Crippen LogP contribution in [0, 0.1) is 0 Å². The topological polar surface area (TPSA) is 30.0 Å². The fourth-order valence-corrected chi connectivity index (χ4v) is 1.72. The lowest BCUT2D eigenvalue weighted by atomic mass is 10.1. The summed E-state index contributed by atoms with van der Waals surface area (Å²) < 4.78 is 61.2. The molecule has 16 heavy (non-hydrogen) atoms. The maximum atomic E-state index is 12.4. The summed E-state index contributed by atoms with van der Waals surface area (Å²) in [6.07, 6.45) is -8.20. The van der Waals surface area contributed by atoms with Gasteiger partial charge in [-0.15, -0.1) is 0 Å². The molecule has 0 aliphatic carbocycles. The first-order valence-corrected chi connectivity index (χ1v) is 4.57. The van der Waals surface area contributed by atoms with E-state index in [1.807, 2.05) is 0 Å². The lowest BCUT2D eigenvalue weighted by Crippen LogP contribution is -2.13. The van der Waals surface area contributed by atoms with Crippen molar-refractivity contribution >= 4 is 22.2 Å². The number of pyridine rings is 1. The lowest BCUT2D eigenvalue weighted by Gasteiger charge is -2.13. The summed E-state index contributed by atoms with van der Waals surface area (Å²) >= 11 is 2.42. The van der Waals surface area contributed by atoms with E-state index in [0.717, 1.165) is 0 Å². The summed E-state index contributed by atoms with van der Waals surface area (Å²) in [7, 11) is 0. The van der Waals surface area contributed by atoms with Crippen molar-refractivity contribution in [2.45, 2.75) is 12.6 Å². The number of hydrogen-bond acceptors (Lipinski definition) is 2. The molecule has 1 aromatic rings. The Labute approximate surface area is 94.6 Å². The smallest absolute Gasteiger partial charge is 0.296 e. The molecule has 2 nitrogen and oxygen atoms in total. The Balaban J connectivity index is 3.52. The van der Waals surface area contributed by atoms with Crippen LogP contribution in [0.4, 0.5) is 22.0 Å². The monoisotopic (exact) mass is 303 g/mol. The second-order valence-corrected chi connectivity index (χ2v) is 3.47. The SMILES string of the molecule is O=Cc1cc(C(F)F)c(C(F)(F)F)c(Br)n1. The standard InChI is InChI=1S/C8H3BrF5NO/c9-6-5(8(12,13)14)4(7(10)11)1-3(2-16)15-6/h1-2,7H. The van der Waals surface area contributed by atoms with Gasteiger partial charge in [0.1, 0.15) is 10.3 Å². The van der Waals surface area contributed by atoms with Gasteiger partial charge in [0.2, 0.25) is 0 Å². The van der Waals surface area contributed by atoms with Crippen LogP contribution in [0.3, 0.4) is 0 Å². The highest BCUT2D eigenvalue weighted by molar-refractivity contribution is 9.10. The molecule has 0 bridgehead atoms. The Morgan fingerprint density at radius 1 is 1.38 bits per heavy atom. The van der Waals surface area contributed by atoms with Gasteiger partial charge < -0.3 is 0 Å². The zero-order valence-electron chi connectivity index (χ0n) is 7.36. The van der Waals surface area contributed by atoms with Crippen molar-refractivity contribution in [2.75, 3.05) is 0 Å². The molecule has 0 amide bonds. The molecular weight excluding hydrogens is 301 g/mol. The molecule has 0 aliphatic rings. The van der Waals surface area contributed by atoms with E-state index in [1.165, 1.54) is 0 Å². The van der Waals surface area contributed by atoms with Crippen molar-refractivity contribution in [1.29, 1.82) is 0 Å². The van der Waals surface area contributed by atoms with Crippen LogP contribution in [0.5, 0.6) is 0 Å². The largest absolute Gasteiger partial charge is 0.419 e. The van der Waals surface area contributed by atoms with E-state index in [2.05, 4.69) is 20.9 Å². The van der Waals surface area contributed by atoms with Gasteiger partial charge in [-0.3, -0.25) is 4.79 Å². The Kier molecular flexibility index (Phi) is 3.61. The molecule has 0 unspecified atom stereocenters. The highest BCUT2D eigenvalue weighted by atomic mass is 79.9. The lowest BCUT2D eigenvalue weighted by molar-refractivity contribution is -0.140. The number of alkyl halides is 5. The fraction of sp³-hybridized carbons (Fsp3) is 0.250. The number of halogens is 6. The van der Waals surface area contributed by atoms with E-state index in [0.29, 0.717) is 6.07 Å². The normalized spacial score (nSPS) is 11.9. The molecule has 0 radical (unpaired) electrons. The van der Waals surface area contributed by atoms with Crippen molar-refractivity contribution in [3.8, 4) is 0 Å². The van der Waals surface area contributed by atoms with Gasteiger partial charge >= 0.3 is 6.18 Å². The van der Waals surface area contributed by atoms with Crippen molar-refractivity contribution < 1.29 is 26.7 Å². The molecule has 1 rings (SSSR count). The summed E-state index contributed by atoms with van der Waals surface area (Å²) in [5, 5.41) is 0. The maximum Gasteiger partial charge on any atom is 0.419 e. The van der Waals surface area contributed by atoms with Crippen LogP contribution in [-0.2, 0) is 6.18 Å². The maximum absolute atomic E-state index is 12.4. The van der Waals surface area contributed by atoms with Crippen LogP contribution in [0.2, 0.25) is 0 Å². The van der Waals surface area contributed by atoms with Crippen LogP contribution in [0.15, 0.2) is 10.7 Å². The minimum absolute atomic E-state index is 0.0940. The van der Waals surface area contributed by atoms with E-state index in [4.69, 9.17) is 0 Å². The first kappa shape index (κ1) is 13.0. The van der Waals surface area contributed by atoms with Crippen molar-refractivity contribution in [3.63, 3.8) is 0 Å². The third kappa shape index (κ3) is 2.55. The first-order valence-electron chi connectivity index (χ1n) is 3.78. The Bertz CT molecular complexity index is 418. The quantitative estimate of drug-likeness (QED) is 0.474. The molecule has 0 atom stereocenters. The van der Waals surface area contributed by atoms with Gasteiger partial charge in [0.25, 0.3) is 6.43 Å². The third-order valence-electron chi connectivity index (χ3n) is 1.66. The number of rotatable bonds is 2. The highest BCUT2D eigenvalue weighted by Crippen LogP contribution is 2.40. The molecule has 0 aromatic carbocycles. The van der Waals surface area contributed by atoms with Gasteiger partial charge in [-0.25, -0.2) is 13.8 Å². The minimum Gasteiger partial charge on any atom is -0.296 e. The summed E-state index contributed by atoms with van der Waals surface area (Å²) in [6, 6.07) is 0.422. The third-order valence-corrected chi connectivity index (χ3v) is 2.24. The minimum atomic E-state index is -4.96. The summed E-state index contributed by atoms with van der Waals surface area (Å²) in [5.41, 5.74) is -3.32. The van der Waals surface area contributed by atoms with Gasteiger partial charge in [0.15, 0.2) is 6.29 Å². The molecule has 0 saturated heterocycles. The summed E-state index contributed by atoms with van der Waals surface area (Å²) in [4.78, 5) is 13.5. The van der Waals surface area contributed by atoms with Crippen LogP contribution < -0.4 is 0 Å². The molecule has 88 valence electrons. The second kappa shape index (κ2) is 4.44. The van der Waals surface area contributed by atoms with Gasteiger partial charge in [-0.2, -0.15) is 13.2 Å². The Morgan fingerprint density at radius 2 is 1.94 bits per heavy atom. The molecule has 0 fully saturated rings. The number of nitrogens with zero attached hydrogens (tertiary/aromatic N) is 1. The second-order valence-electron chi connectivity index (χ2n) is 2.72. The van der Waals surface area contributed by atoms with Crippen LogP contribution in [0.25, 0.3) is 0 Å². The molecule has 0 aliphatic heterocycles. The van der Waals surface area contributed by atoms with E-state index in [1.54, 1.807) is 0 Å². The highest BCUT2D eigenvalue weighted by Gasteiger charge is 2.39. The fourth-order valence-electron chi connectivity index (χ4n) is 1.07. The average Bonchev–Trinajstić information content (AvgIpc) is 2.14. The first-order chi connectivity index (χ1) is 7.27. The Morgan fingerprint density at radius 3 is 2.31 bits per heavy atom. The molecular formula is C8H3BrF5NO. The van der Waals surface area contributed by atoms with Gasteiger partial charge in [0, 0.05) is 5.56 Å². The van der Waals surface area contributed by atoms with Gasteiger partial charge in [0.05, 0.1) is 5.56 Å². The zero-order chi connectivity index (χ0) is 12.5. The van der Waals surface area contributed by atoms with E-state index in [9.17, 15) is 26.7 Å². The average molecular weight is 304 g/mol. The van der Waals surface area contributed by atoms with Gasteiger partial charge in [-0.05, 0) is 22.0 Å². The molecule has 8 heteroatoms. The molecule has 0 spiro atoms. The molecule has 1 heterocycles. The van der Waals surface area contributed by atoms with E-state index >= 15 is 0 Å². The number of carbonyl (C=O) groups is 1. The molecule has 0 saturated carbocycles.